The predicted molar refractivity (Wildman–Crippen MR) is 136 cm³/mol. The summed E-state index contributed by atoms with van der Waals surface area (Å²) in [6.07, 6.45) is 3.63. The largest absolute Gasteiger partial charge is 0.426 e. The van der Waals surface area contributed by atoms with Gasteiger partial charge < -0.3 is 14.5 Å². The molecule has 0 fully saturated rings. The molecule has 3 aromatic rings. The second-order valence-electron chi connectivity index (χ2n) is 8.85. The van der Waals surface area contributed by atoms with E-state index in [1.807, 2.05) is 6.92 Å². The van der Waals surface area contributed by atoms with Crippen LogP contribution in [0, 0.1) is 0 Å². The Morgan fingerprint density at radius 2 is 1.65 bits per heavy atom. The number of ether oxygens (including phenoxy) is 1. The van der Waals surface area contributed by atoms with Crippen molar-refractivity contribution in [1.29, 1.82) is 0 Å². The number of unbranched alkanes of at least 4 members (excludes halogenated alkanes) is 3. The van der Waals surface area contributed by atoms with Crippen LogP contribution >= 0.6 is 0 Å². The Hall–Kier alpha value is -4.27. The molecule has 0 bridgehead atoms. The van der Waals surface area contributed by atoms with Gasteiger partial charge in [-0.25, -0.2) is 4.79 Å². The highest BCUT2D eigenvalue weighted by Crippen LogP contribution is 2.23. The van der Waals surface area contributed by atoms with Crippen LogP contribution < -0.4 is 15.7 Å². The summed E-state index contributed by atoms with van der Waals surface area (Å²) in [5.41, 5.74) is 0.224. The molecule has 0 saturated heterocycles. The lowest BCUT2D eigenvalue weighted by molar-refractivity contribution is -0.134. The number of carbonyl (C=O) groups is 4. The van der Waals surface area contributed by atoms with Crippen LogP contribution in [0.1, 0.15) is 76.5 Å². The van der Waals surface area contributed by atoms with Crippen molar-refractivity contribution < 1.29 is 28.3 Å². The summed E-state index contributed by atoms with van der Waals surface area (Å²) in [4.78, 5) is 62.8. The lowest BCUT2D eigenvalue weighted by Crippen LogP contribution is -2.30. The third-order valence-electron chi connectivity index (χ3n) is 6.14. The van der Waals surface area contributed by atoms with Crippen molar-refractivity contribution in [2.75, 3.05) is 13.1 Å². The van der Waals surface area contributed by atoms with E-state index in [0.717, 1.165) is 12.8 Å². The highest BCUT2D eigenvalue weighted by atomic mass is 16.5. The molecule has 0 atom stereocenters. The number of nitrogens with one attached hydrogen (secondary N) is 1. The first-order valence-corrected chi connectivity index (χ1v) is 12.4. The maximum atomic E-state index is 12.4. The maximum absolute atomic E-state index is 12.4. The summed E-state index contributed by atoms with van der Waals surface area (Å²) in [5.74, 6) is -1.27. The molecule has 3 amide bonds. The zero-order chi connectivity index (χ0) is 26.4. The first-order chi connectivity index (χ1) is 17.9. The number of imide groups is 1. The Bertz CT molecular complexity index is 1370. The molecule has 0 spiro atoms. The third kappa shape index (κ3) is 5.94. The Morgan fingerprint density at radius 1 is 0.919 bits per heavy atom. The van der Waals surface area contributed by atoms with Gasteiger partial charge in [-0.05, 0) is 49.6 Å². The fourth-order valence-electron chi connectivity index (χ4n) is 4.13. The summed E-state index contributed by atoms with van der Waals surface area (Å²) in [6, 6.07) is 12.8. The van der Waals surface area contributed by atoms with E-state index in [1.54, 1.807) is 36.4 Å². The van der Waals surface area contributed by atoms with Crippen LogP contribution in [0.15, 0.2) is 57.7 Å². The van der Waals surface area contributed by atoms with Crippen molar-refractivity contribution in [2.24, 2.45) is 0 Å². The number of nitrogens with zero attached hydrogens (tertiary/aromatic N) is 1. The molecule has 0 radical (unpaired) electrons. The van der Waals surface area contributed by atoms with Crippen LogP contribution in [0.3, 0.4) is 0 Å². The molecule has 2 aromatic carbocycles. The van der Waals surface area contributed by atoms with Crippen LogP contribution in [0.2, 0.25) is 0 Å². The molecule has 9 nitrogen and oxygen atoms in total. The first kappa shape index (κ1) is 25.8. The van der Waals surface area contributed by atoms with Crippen LogP contribution in [-0.2, 0) is 4.79 Å². The molecule has 2 heterocycles. The van der Waals surface area contributed by atoms with Gasteiger partial charge in [-0.15, -0.1) is 0 Å². The van der Waals surface area contributed by atoms with E-state index in [9.17, 15) is 24.0 Å². The number of hydrogen-bond acceptors (Lipinski definition) is 7. The molecule has 0 unspecified atom stereocenters. The van der Waals surface area contributed by atoms with Gasteiger partial charge in [-0.1, -0.05) is 31.9 Å². The Morgan fingerprint density at radius 3 is 2.35 bits per heavy atom. The van der Waals surface area contributed by atoms with Gasteiger partial charge in [-0.2, -0.15) is 0 Å². The molecular weight excluding hydrogens is 476 g/mol. The van der Waals surface area contributed by atoms with E-state index in [4.69, 9.17) is 9.15 Å². The molecule has 1 N–H and O–H groups in total. The van der Waals surface area contributed by atoms with Crippen molar-refractivity contribution in [2.45, 2.75) is 45.4 Å². The Labute approximate surface area is 213 Å². The smallest absolute Gasteiger partial charge is 0.349 e. The van der Waals surface area contributed by atoms with Crippen molar-refractivity contribution >= 4 is 34.7 Å². The summed E-state index contributed by atoms with van der Waals surface area (Å²) in [7, 11) is 0. The molecule has 192 valence electrons. The van der Waals surface area contributed by atoms with Crippen molar-refractivity contribution in [3.63, 3.8) is 0 Å². The lowest BCUT2D eigenvalue weighted by atomic mass is 10.1. The molecule has 37 heavy (non-hydrogen) atoms. The van der Waals surface area contributed by atoms with Crippen LogP contribution in [0.4, 0.5) is 0 Å². The first-order valence-electron chi connectivity index (χ1n) is 12.4. The third-order valence-corrected chi connectivity index (χ3v) is 6.14. The number of rotatable bonds is 11. The van der Waals surface area contributed by atoms with Crippen molar-refractivity contribution in [1.82, 2.24) is 10.2 Å². The number of esters is 1. The number of fused-ring (bicyclic) bond motifs is 2. The Kier molecular flexibility index (Phi) is 8.12. The van der Waals surface area contributed by atoms with E-state index in [0.29, 0.717) is 48.9 Å². The average Bonchev–Trinajstić information content (AvgIpc) is 3.13. The van der Waals surface area contributed by atoms with E-state index < -0.39 is 17.5 Å². The van der Waals surface area contributed by atoms with Crippen LogP contribution in [0.5, 0.6) is 5.75 Å². The SMILES string of the molecule is CCCCNC(=O)c1cc2ccc(OC(=O)CCCCCN3C(=O)c4ccccc4C3=O)cc2oc1=O. The zero-order valence-electron chi connectivity index (χ0n) is 20.6. The van der Waals surface area contributed by atoms with Crippen molar-refractivity contribution in [3.05, 3.63) is 75.6 Å². The molecule has 0 saturated carbocycles. The standard InChI is InChI=1S/C28H28N2O7/c1-2-3-14-29-25(32)22-16-18-12-13-19(17-23(18)37-28(22)35)36-24(31)11-5-4-8-15-30-26(33)20-9-6-7-10-21(20)27(30)34/h6-7,9-10,12-13,16-17H,2-5,8,11,14-15H2,1H3,(H,29,32). The molecule has 1 aliphatic heterocycles. The number of carbonyl (C=O) groups excluding carboxylic acids is 4. The molecule has 1 aliphatic rings. The van der Waals surface area contributed by atoms with Gasteiger partial charge in [-0.3, -0.25) is 24.1 Å². The van der Waals surface area contributed by atoms with E-state index >= 15 is 0 Å². The molecule has 9 heteroatoms. The summed E-state index contributed by atoms with van der Waals surface area (Å²) in [6.45, 7) is 2.77. The quantitative estimate of drug-likeness (QED) is 0.137. The zero-order valence-corrected chi connectivity index (χ0v) is 20.6. The summed E-state index contributed by atoms with van der Waals surface area (Å²) in [5, 5.41) is 3.23. The fraction of sp³-hybridized carbons (Fsp3) is 0.321. The Balaban J connectivity index is 1.25. The van der Waals surface area contributed by atoms with Gasteiger partial charge in [0, 0.05) is 31.0 Å². The fourth-order valence-corrected chi connectivity index (χ4v) is 4.13. The topological polar surface area (TPSA) is 123 Å². The number of amides is 3. The van der Waals surface area contributed by atoms with Gasteiger partial charge in [0.25, 0.3) is 17.7 Å². The van der Waals surface area contributed by atoms with Gasteiger partial charge in [0.05, 0.1) is 11.1 Å². The van der Waals surface area contributed by atoms with Crippen LogP contribution in [-0.4, -0.2) is 41.7 Å². The van der Waals surface area contributed by atoms with Crippen molar-refractivity contribution in [3.8, 4) is 5.75 Å². The van der Waals surface area contributed by atoms with Crippen LogP contribution in [0.25, 0.3) is 11.0 Å². The minimum absolute atomic E-state index is 0.0745. The number of hydrogen-bond donors (Lipinski definition) is 1. The van der Waals surface area contributed by atoms with Gasteiger partial charge in [0.2, 0.25) is 0 Å². The number of benzene rings is 2. The van der Waals surface area contributed by atoms with Gasteiger partial charge >= 0.3 is 11.6 Å². The molecule has 4 rings (SSSR count). The second kappa shape index (κ2) is 11.6. The summed E-state index contributed by atoms with van der Waals surface area (Å²) < 4.78 is 10.6. The van der Waals surface area contributed by atoms with Gasteiger partial charge in [0.1, 0.15) is 16.9 Å². The molecular formula is C28H28N2O7. The average molecular weight is 505 g/mol. The normalized spacial score (nSPS) is 12.6. The highest BCUT2D eigenvalue weighted by Gasteiger charge is 2.34. The van der Waals surface area contributed by atoms with E-state index in [2.05, 4.69) is 5.32 Å². The maximum Gasteiger partial charge on any atom is 0.349 e. The minimum Gasteiger partial charge on any atom is -0.426 e. The predicted octanol–water partition coefficient (Wildman–Crippen LogP) is 4.08. The van der Waals surface area contributed by atoms with E-state index in [1.165, 1.54) is 17.0 Å². The lowest BCUT2D eigenvalue weighted by Gasteiger charge is -2.13. The van der Waals surface area contributed by atoms with Gasteiger partial charge in [0.15, 0.2) is 0 Å². The highest BCUT2D eigenvalue weighted by molar-refractivity contribution is 6.21. The minimum atomic E-state index is -0.761. The monoisotopic (exact) mass is 504 g/mol. The molecule has 0 aliphatic carbocycles. The second-order valence-corrected chi connectivity index (χ2v) is 8.85. The molecule has 1 aromatic heterocycles. The summed E-state index contributed by atoms with van der Waals surface area (Å²) >= 11 is 0. The van der Waals surface area contributed by atoms with E-state index in [-0.39, 0.29) is 35.1 Å².